The Labute approximate surface area is 134 Å². The van der Waals surface area contributed by atoms with Crippen molar-refractivity contribution in [1.29, 1.82) is 0 Å². The van der Waals surface area contributed by atoms with Gasteiger partial charge in [-0.3, -0.25) is 4.79 Å². The number of amides is 1. The molecule has 0 bridgehead atoms. The van der Waals surface area contributed by atoms with Gasteiger partial charge in [-0.1, -0.05) is 11.6 Å². The van der Waals surface area contributed by atoms with E-state index in [9.17, 15) is 18.0 Å². The van der Waals surface area contributed by atoms with Crippen LogP contribution in [0.15, 0.2) is 6.07 Å². The number of anilines is 1. The number of alkyl halides is 3. The average Bonchev–Trinajstić information content (AvgIpc) is 2.48. The lowest BCUT2D eigenvalue weighted by Crippen LogP contribution is -2.31. The van der Waals surface area contributed by atoms with Crippen molar-refractivity contribution in [3.63, 3.8) is 0 Å². The highest BCUT2D eigenvalue weighted by atomic mass is 35.5. The Hall–Kier alpha value is -2.14. The van der Waals surface area contributed by atoms with Crippen LogP contribution < -0.4 is 11.3 Å². The molecule has 1 rings (SSSR count). The van der Waals surface area contributed by atoms with Crippen LogP contribution in [0.5, 0.6) is 0 Å². The first-order valence-corrected chi connectivity index (χ1v) is 6.55. The van der Waals surface area contributed by atoms with Gasteiger partial charge < -0.3 is 15.4 Å². The van der Waals surface area contributed by atoms with Crippen molar-refractivity contribution in [2.75, 3.05) is 18.5 Å². The molecule has 0 aromatic carbocycles. The first-order valence-electron chi connectivity index (χ1n) is 6.17. The van der Waals surface area contributed by atoms with Gasteiger partial charge in [0.25, 0.3) is 5.91 Å². The van der Waals surface area contributed by atoms with Crippen LogP contribution in [0.25, 0.3) is 0 Å². The number of carboxylic acid groups (broad SMARTS) is 1. The standard InChI is InChI=1S/C9H14ClN5O.C2HF3O2/c1-3-15(4-2)9(16)6-5-7(12-11)13-14-8(6)10;3-2(4,5)1(6)7/h5H,3-4,11H2,1-2H3,(H,12,13);(H,6,7). The van der Waals surface area contributed by atoms with Crippen LogP contribution >= 0.6 is 11.6 Å². The Kier molecular flexibility index (Phi) is 8.25. The molecule has 0 aliphatic heterocycles. The summed E-state index contributed by atoms with van der Waals surface area (Å²) in [4.78, 5) is 22.5. The van der Waals surface area contributed by atoms with Gasteiger partial charge in [0, 0.05) is 13.1 Å². The fourth-order valence-electron chi connectivity index (χ4n) is 1.28. The van der Waals surface area contributed by atoms with E-state index in [2.05, 4.69) is 15.6 Å². The summed E-state index contributed by atoms with van der Waals surface area (Å²) in [5.74, 6) is 2.56. The predicted octanol–water partition coefficient (Wildman–Crippen LogP) is 1.53. The number of carbonyl (C=O) groups is 2. The van der Waals surface area contributed by atoms with Gasteiger partial charge in [-0.05, 0) is 19.9 Å². The molecule has 1 aromatic rings. The number of nitrogens with zero attached hydrogens (tertiary/aromatic N) is 3. The summed E-state index contributed by atoms with van der Waals surface area (Å²) in [5, 5.41) is 14.5. The molecule has 0 spiro atoms. The van der Waals surface area contributed by atoms with Gasteiger partial charge in [0.15, 0.2) is 11.0 Å². The second-order valence-corrected chi connectivity index (χ2v) is 4.22. The summed E-state index contributed by atoms with van der Waals surface area (Å²) in [5.41, 5.74) is 2.62. The number of halogens is 4. The molecule has 8 nitrogen and oxygen atoms in total. The van der Waals surface area contributed by atoms with Gasteiger partial charge in [0.05, 0.1) is 5.56 Å². The van der Waals surface area contributed by atoms with E-state index in [0.29, 0.717) is 24.5 Å². The van der Waals surface area contributed by atoms with Crippen molar-refractivity contribution in [3.05, 3.63) is 16.8 Å². The van der Waals surface area contributed by atoms with Crippen LogP contribution in [-0.2, 0) is 4.79 Å². The maximum atomic E-state index is 12.0. The van der Waals surface area contributed by atoms with Crippen molar-refractivity contribution in [2.24, 2.45) is 5.84 Å². The number of nitrogens with one attached hydrogen (secondary N) is 1. The second-order valence-electron chi connectivity index (χ2n) is 3.86. The first-order chi connectivity index (χ1) is 10.6. The molecule has 0 aliphatic rings. The molecular weight excluding hydrogens is 343 g/mol. The molecule has 1 heterocycles. The van der Waals surface area contributed by atoms with E-state index in [1.54, 1.807) is 4.90 Å². The van der Waals surface area contributed by atoms with Crippen LogP contribution in [0.4, 0.5) is 19.0 Å². The minimum atomic E-state index is -5.08. The molecule has 4 N–H and O–H groups in total. The molecule has 0 unspecified atom stereocenters. The highest BCUT2D eigenvalue weighted by Crippen LogP contribution is 2.16. The zero-order valence-electron chi connectivity index (χ0n) is 12.2. The summed E-state index contributed by atoms with van der Waals surface area (Å²) in [6.07, 6.45) is -5.08. The number of carboxylic acids is 1. The molecule has 0 fully saturated rings. The quantitative estimate of drug-likeness (QED) is 0.551. The Bertz CT molecular complexity index is 552. The minimum absolute atomic E-state index is 0.0795. The maximum Gasteiger partial charge on any atom is 0.490 e. The third-order valence-corrected chi connectivity index (χ3v) is 2.70. The van der Waals surface area contributed by atoms with Gasteiger partial charge in [-0.2, -0.15) is 13.2 Å². The first kappa shape index (κ1) is 20.9. The average molecular weight is 358 g/mol. The zero-order valence-corrected chi connectivity index (χ0v) is 12.9. The lowest BCUT2D eigenvalue weighted by atomic mass is 10.2. The number of hydrogen-bond acceptors (Lipinski definition) is 6. The lowest BCUT2D eigenvalue weighted by molar-refractivity contribution is -0.192. The van der Waals surface area contributed by atoms with Gasteiger partial charge in [0.2, 0.25) is 0 Å². The summed E-state index contributed by atoms with van der Waals surface area (Å²) in [7, 11) is 0. The van der Waals surface area contributed by atoms with E-state index >= 15 is 0 Å². The number of rotatable bonds is 4. The third-order valence-electron chi connectivity index (χ3n) is 2.42. The second kappa shape index (κ2) is 9.10. The molecule has 1 aromatic heterocycles. The van der Waals surface area contributed by atoms with E-state index in [1.807, 2.05) is 13.8 Å². The van der Waals surface area contributed by atoms with Crippen molar-refractivity contribution >= 4 is 29.3 Å². The molecule has 0 saturated carbocycles. The number of aromatic nitrogens is 2. The van der Waals surface area contributed by atoms with Crippen LogP contribution in [0.2, 0.25) is 5.15 Å². The number of hydrogen-bond donors (Lipinski definition) is 3. The monoisotopic (exact) mass is 357 g/mol. The zero-order chi connectivity index (χ0) is 18.2. The number of carbonyl (C=O) groups excluding carboxylic acids is 1. The van der Waals surface area contributed by atoms with E-state index in [4.69, 9.17) is 27.3 Å². The van der Waals surface area contributed by atoms with Crippen LogP contribution in [-0.4, -0.2) is 51.3 Å². The SMILES string of the molecule is CCN(CC)C(=O)c1cc(NN)nnc1Cl.O=C(O)C(F)(F)F. The number of hydrazine groups is 1. The number of aliphatic carboxylic acids is 1. The molecule has 0 aliphatic carbocycles. The summed E-state index contributed by atoms with van der Waals surface area (Å²) < 4.78 is 31.7. The normalized spacial score (nSPS) is 10.4. The van der Waals surface area contributed by atoms with Crippen molar-refractivity contribution in [1.82, 2.24) is 15.1 Å². The van der Waals surface area contributed by atoms with Gasteiger partial charge in [-0.25, -0.2) is 10.6 Å². The van der Waals surface area contributed by atoms with E-state index < -0.39 is 12.1 Å². The molecule has 0 saturated heterocycles. The van der Waals surface area contributed by atoms with E-state index in [1.165, 1.54) is 6.07 Å². The topological polar surface area (TPSA) is 121 Å². The fourth-order valence-corrected chi connectivity index (χ4v) is 1.45. The van der Waals surface area contributed by atoms with Gasteiger partial charge >= 0.3 is 12.1 Å². The van der Waals surface area contributed by atoms with Crippen LogP contribution in [0, 0.1) is 0 Å². The summed E-state index contributed by atoms with van der Waals surface area (Å²) in [6.45, 7) is 5.01. The number of nitrogen functional groups attached to an aromatic ring is 1. The van der Waals surface area contributed by atoms with Crippen molar-refractivity contribution < 1.29 is 27.9 Å². The Morgan fingerprint density at radius 1 is 1.35 bits per heavy atom. The van der Waals surface area contributed by atoms with Gasteiger partial charge in [0.1, 0.15) is 0 Å². The van der Waals surface area contributed by atoms with Crippen molar-refractivity contribution in [2.45, 2.75) is 20.0 Å². The summed E-state index contributed by atoms with van der Waals surface area (Å²) >= 11 is 5.82. The van der Waals surface area contributed by atoms with E-state index in [0.717, 1.165) is 0 Å². The third kappa shape index (κ3) is 6.65. The maximum absolute atomic E-state index is 12.0. The molecule has 0 radical (unpaired) electrons. The Morgan fingerprint density at radius 3 is 2.17 bits per heavy atom. The van der Waals surface area contributed by atoms with Gasteiger partial charge in [-0.15, -0.1) is 10.2 Å². The van der Waals surface area contributed by atoms with Crippen LogP contribution in [0.1, 0.15) is 24.2 Å². The fraction of sp³-hybridized carbons (Fsp3) is 0.455. The highest BCUT2D eigenvalue weighted by molar-refractivity contribution is 6.32. The Morgan fingerprint density at radius 2 is 1.83 bits per heavy atom. The number of nitrogens with two attached hydrogens (primary N) is 1. The molecule has 130 valence electrons. The van der Waals surface area contributed by atoms with E-state index in [-0.39, 0.29) is 11.1 Å². The predicted molar refractivity (Wildman–Crippen MR) is 75.8 cm³/mol. The molecule has 12 heteroatoms. The highest BCUT2D eigenvalue weighted by Gasteiger charge is 2.38. The molecule has 1 amide bonds. The van der Waals surface area contributed by atoms with Crippen LogP contribution in [0.3, 0.4) is 0 Å². The van der Waals surface area contributed by atoms with Crippen molar-refractivity contribution in [3.8, 4) is 0 Å². The largest absolute Gasteiger partial charge is 0.490 e. The smallest absolute Gasteiger partial charge is 0.475 e. The Balaban J connectivity index is 0.000000585. The minimum Gasteiger partial charge on any atom is -0.475 e. The molecule has 0 atom stereocenters. The molecular formula is C11H15ClF3N5O3. The molecule has 23 heavy (non-hydrogen) atoms. The lowest BCUT2D eigenvalue weighted by Gasteiger charge is -2.18. The summed E-state index contributed by atoms with van der Waals surface area (Å²) in [6, 6.07) is 1.48.